The van der Waals surface area contributed by atoms with E-state index in [2.05, 4.69) is 10.6 Å². The number of rotatable bonds is 7. The van der Waals surface area contributed by atoms with E-state index >= 15 is 0 Å². The van der Waals surface area contributed by atoms with Gasteiger partial charge < -0.3 is 21.1 Å². The van der Waals surface area contributed by atoms with Crippen LogP contribution in [0.15, 0.2) is 54.6 Å². The lowest BCUT2D eigenvalue weighted by molar-refractivity contribution is -0.133. The number of carbonyl (C=O) groups excluding carboxylic acids is 3. The van der Waals surface area contributed by atoms with Crippen molar-refractivity contribution in [2.45, 2.75) is 12.8 Å². The van der Waals surface area contributed by atoms with Crippen LogP contribution in [0, 0.1) is 5.41 Å². The van der Waals surface area contributed by atoms with Crippen LogP contribution < -0.4 is 16.4 Å². The summed E-state index contributed by atoms with van der Waals surface area (Å²) in [5.74, 6) is -1.15. The normalized spacial score (nSPS) is 15.3. The Labute approximate surface area is 169 Å². The Kier molecular flexibility index (Phi) is 6.61. The highest BCUT2D eigenvalue weighted by molar-refractivity contribution is 5.97. The van der Waals surface area contributed by atoms with Crippen molar-refractivity contribution < 1.29 is 19.1 Å². The molecule has 1 saturated heterocycles. The Balaban J connectivity index is 1.49. The third-order valence-corrected chi connectivity index (χ3v) is 5.26. The lowest BCUT2D eigenvalue weighted by Crippen LogP contribution is -2.50. The number of nitrogens with one attached hydrogen (secondary N) is 2. The molecule has 0 atom stereocenters. The highest BCUT2D eigenvalue weighted by atomic mass is 16.5. The summed E-state index contributed by atoms with van der Waals surface area (Å²) >= 11 is 0. The van der Waals surface area contributed by atoms with Gasteiger partial charge in [-0.2, -0.15) is 0 Å². The van der Waals surface area contributed by atoms with E-state index in [-0.39, 0.29) is 24.9 Å². The third-order valence-electron chi connectivity index (χ3n) is 5.26. The molecule has 7 heteroatoms. The van der Waals surface area contributed by atoms with Crippen LogP contribution in [0.25, 0.3) is 11.1 Å². The van der Waals surface area contributed by atoms with Crippen molar-refractivity contribution in [3.05, 3.63) is 60.2 Å². The van der Waals surface area contributed by atoms with E-state index in [9.17, 15) is 14.4 Å². The van der Waals surface area contributed by atoms with E-state index in [0.717, 1.165) is 11.1 Å². The molecule has 1 aliphatic rings. The summed E-state index contributed by atoms with van der Waals surface area (Å²) in [5, 5.41) is 5.30. The van der Waals surface area contributed by atoms with Crippen LogP contribution in [-0.4, -0.2) is 44.0 Å². The molecule has 152 valence electrons. The Morgan fingerprint density at radius 1 is 0.897 bits per heavy atom. The lowest BCUT2D eigenvalue weighted by atomic mass is 9.79. The molecular formula is C22H25N3O4. The molecule has 0 aliphatic carbocycles. The van der Waals surface area contributed by atoms with Gasteiger partial charge in [0.1, 0.15) is 0 Å². The molecule has 0 saturated carbocycles. The van der Waals surface area contributed by atoms with Crippen LogP contribution >= 0.6 is 0 Å². The summed E-state index contributed by atoms with van der Waals surface area (Å²) < 4.78 is 5.27. The molecule has 1 heterocycles. The van der Waals surface area contributed by atoms with Gasteiger partial charge in [0.05, 0.1) is 12.0 Å². The van der Waals surface area contributed by atoms with Crippen LogP contribution in [-0.2, 0) is 14.3 Å². The van der Waals surface area contributed by atoms with E-state index in [4.69, 9.17) is 10.5 Å². The molecule has 0 aromatic heterocycles. The molecule has 1 fully saturated rings. The van der Waals surface area contributed by atoms with Gasteiger partial charge in [0.2, 0.25) is 11.8 Å². The van der Waals surface area contributed by atoms with Crippen molar-refractivity contribution in [2.75, 3.05) is 26.3 Å². The molecule has 0 bridgehead atoms. The van der Waals surface area contributed by atoms with Crippen molar-refractivity contribution in [3.8, 4) is 11.1 Å². The van der Waals surface area contributed by atoms with E-state index < -0.39 is 11.3 Å². The Bertz CT molecular complexity index is 859. The first kappa shape index (κ1) is 20.5. The molecule has 4 N–H and O–H groups in total. The zero-order chi connectivity index (χ0) is 20.7. The molecule has 0 unspecified atom stereocenters. The number of benzene rings is 2. The third kappa shape index (κ3) is 5.20. The summed E-state index contributed by atoms with van der Waals surface area (Å²) in [4.78, 5) is 36.2. The van der Waals surface area contributed by atoms with Gasteiger partial charge in [0.25, 0.3) is 5.91 Å². The average Bonchev–Trinajstić information content (AvgIpc) is 2.77. The topological polar surface area (TPSA) is 111 Å². The van der Waals surface area contributed by atoms with Crippen molar-refractivity contribution >= 4 is 17.7 Å². The number of amides is 3. The lowest BCUT2D eigenvalue weighted by Gasteiger charge is -2.34. The van der Waals surface area contributed by atoms with Gasteiger partial charge in [-0.3, -0.25) is 14.4 Å². The molecule has 2 aromatic carbocycles. The predicted molar refractivity (Wildman–Crippen MR) is 109 cm³/mol. The minimum Gasteiger partial charge on any atom is -0.381 e. The first-order chi connectivity index (χ1) is 14.0. The quantitative estimate of drug-likeness (QED) is 0.659. The second-order valence-corrected chi connectivity index (χ2v) is 7.16. The minimum absolute atomic E-state index is 0.145. The van der Waals surface area contributed by atoms with Gasteiger partial charge >= 0.3 is 0 Å². The van der Waals surface area contributed by atoms with Crippen LogP contribution in [0.2, 0.25) is 0 Å². The Morgan fingerprint density at radius 3 is 2.14 bits per heavy atom. The van der Waals surface area contributed by atoms with E-state index in [1.807, 2.05) is 42.5 Å². The van der Waals surface area contributed by atoms with Crippen molar-refractivity contribution in [2.24, 2.45) is 11.1 Å². The molecule has 1 aliphatic heterocycles. The standard InChI is InChI=1S/C22H25N3O4/c23-21(28)22(10-12-29-13-11-22)15-25-19(26)14-24-20(27)18-8-6-17(7-9-18)16-4-2-1-3-5-16/h1-9H,10-15H2,(H2,23,28)(H,24,27)(H,25,26). The van der Waals surface area contributed by atoms with E-state index in [1.165, 1.54) is 0 Å². The highest BCUT2D eigenvalue weighted by Gasteiger charge is 2.38. The fraction of sp³-hybridized carbons (Fsp3) is 0.318. The van der Waals surface area contributed by atoms with Crippen LogP contribution in [0.1, 0.15) is 23.2 Å². The Morgan fingerprint density at radius 2 is 1.52 bits per heavy atom. The summed E-state index contributed by atoms with van der Waals surface area (Å²) in [5.41, 5.74) is 7.28. The van der Waals surface area contributed by atoms with Gasteiger partial charge in [0.15, 0.2) is 0 Å². The maximum absolute atomic E-state index is 12.3. The second-order valence-electron chi connectivity index (χ2n) is 7.16. The second kappa shape index (κ2) is 9.34. The number of nitrogens with two attached hydrogens (primary N) is 1. The van der Waals surface area contributed by atoms with Gasteiger partial charge in [-0.1, -0.05) is 42.5 Å². The summed E-state index contributed by atoms with van der Waals surface area (Å²) in [6.07, 6.45) is 0.950. The smallest absolute Gasteiger partial charge is 0.251 e. The number of hydrogen-bond acceptors (Lipinski definition) is 4. The van der Waals surface area contributed by atoms with Gasteiger partial charge in [-0.15, -0.1) is 0 Å². The zero-order valence-electron chi connectivity index (χ0n) is 16.1. The predicted octanol–water partition coefficient (Wildman–Crippen LogP) is 1.48. The summed E-state index contributed by atoms with van der Waals surface area (Å²) in [7, 11) is 0. The van der Waals surface area contributed by atoms with Crippen molar-refractivity contribution in [1.82, 2.24) is 10.6 Å². The number of hydrogen-bond donors (Lipinski definition) is 3. The molecule has 7 nitrogen and oxygen atoms in total. The van der Waals surface area contributed by atoms with Gasteiger partial charge in [0, 0.05) is 25.3 Å². The molecule has 0 spiro atoms. The molecular weight excluding hydrogens is 370 g/mol. The molecule has 3 rings (SSSR count). The average molecular weight is 395 g/mol. The summed E-state index contributed by atoms with van der Waals surface area (Å²) in [6.45, 7) is 0.847. The monoisotopic (exact) mass is 395 g/mol. The first-order valence-corrected chi connectivity index (χ1v) is 9.58. The van der Waals surface area contributed by atoms with Crippen molar-refractivity contribution in [1.29, 1.82) is 0 Å². The zero-order valence-corrected chi connectivity index (χ0v) is 16.1. The molecule has 2 aromatic rings. The van der Waals surface area contributed by atoms with E-state index in [0.29, 0.717) is 31.6 Å². The Hall–Kier alpha value is -3.19. The minimum atomic E-state index is -0.787. The van der Waals surface area contributed by atoms with Crippen LogP contribution in [0.3, 0.4) is 0 Å². The van der Waals surface area contributed by atoms with Crippen LogP contribution in [0.5, 0.6) is 0 Å². The van der Waals surface area contributed by atoms with Gasteiger partial charge in [-0.05, 0) is 36.1 Å². The van der Waals surface area contributed by atoms with Crippen LogP contribution in [0.4, 0.5) is 0 Å². The number of carbonyl (C=O) groups is 3. The van der Waals surface area contributed by atoms with Crippen molar-refractivity contribution in [3.63, 3.8) is 0 Å². The summed E-state index contributed by atoms with van der Waals surface area (Å²) in [6, 6.07) is 17.0. The first-order valence-electron chi connectivity index (χ1n) is 9.58. The largest absolute Gasteiger partial charge is 0.381 e. The number of primary amides is 1. The van der Waals surface area contributed by atoms with E-state index in [1.54, 1.807) is 12.1 Å². The maximum atomic E-state index is 12.3. The highest BCUT2D eigenvalue weighted by Crippen LogP contribution is 2.29. The number of ether oxygens (including phenoxy) is 1. The van der Waals surface area contributed by atoms with Gasteiger partial charge in [-0.25, -0.2) is 0 Å². The molecule has 0 radical (unpaired) electrons. The fourth-order valence-corrected chi connectivity index (χ4v) is 3.31. The SMILES string of the molecule is NC(=O)C1(CNC(=O)CNC(=O)c2ccc(-c3ccccc3)cc2)CCOCC1. The molecule has 29 heavy (non-hydrogen) atoms. The molecule has 3 amide bonds. The maximum Gasteiger partial charge on any atom is 0.251 e. The fourth-order valence-electron chi connectivity index (χ4n) is 3.31.